The van der Waals surface area contributed by atoms with Crippen molar-refractivity contribution in [1.29, 1.82) is 0 Å². The van der Waals surface area contributed by atoms with Crippen LogP contribution >= 0.6 is 11.6 Å². The number of rotatable bonds is 10. The van der Waals surface area contributed by atoms with E-state index in [0.29, 0.717) is 23.7 Å². The van der Waals surface area contributed by atoms with Crippen molar-refractivity contribution >= 4 is 23.4 Å². The number of nitrogens with one attached hydrogen (secondary N) is 1. The molecule has 0 spiro atoms. The molecule has 2 rings (SSSR count). The first-order chi connectivity index (χ1) is 14.0. The lowest BCUT2D eigenvalue weighted by molar-refractivity contribution is -0.143. The second-order valence-electron chi connectivity index (χ2n) is 6.93. The van der Waals surface area contributed by atoms with E-state index in [9.17, 15) is 9.59 Å². The topological polar surface area (TPSA) is 58.6 Å². The Balaban J connectivity index is 2.20. The summed E-state index contributed by atoms with van der Waals surface area (Å²) >= 11 is 6.30. The lowest BCUT2D eigenvalue weighted by Gasteiger charge is -2.30. The Bertz CT molecular complexity index is 825. The minimum Gasteiger partial charge on any atom is -0.484 e. The Hall–Kier alpha value is -2.53. The Morgan fingerprint density at radius 2 is 1.90 bits per heavy atom. The Labute approximate surface area is 178 Å². The molecule has 29 heavy (non-hydrogen) atoms. The van der Waals surface area contributed by atoms with Crippen LogP contribution < -0.4 is 10.1 Å². The van der Waals surface area contributed by atoms with Gasteiger partial charge in [0, 0.05) is 18.1 Å². The highest BCUT2D eigenvalue weighted by Gasteiger charge is 2.29. The molecule has 0 saturated heterocycles. The molecular weight excluding hydrogens is 388 g/mol. The smallest absolute Gasteiger partial charge is 0.261 e. The molecule has 0 aliphatic heterocycles. The molecule has 2 amide bonds. The molecule has 0 aromatic heterocycles. The molecule has 1 N–H and O–H groups in total. The van der Waals surface area contributed by atoms with Gasteiger partial charge in [0.1, 0.15) is 11.8 Å². The molecule has 2 aromatic rings. The molecule has 6 heteroatoms. The van der Waals surface area contributed by atoms with Gasteiger partial charge in [-0.1, -0.05) is 55.8 Å². The van der Waals surface area contributed by atoms with Crippen molar-refractivity contribution in [3.63, 3.8) is 0 Å². The second kappa shape index (κ2) is 11.5. The van der Waals surface area contributed by atoms with Crippen LogP contribution in [-0.2, 0) is 16.1 Å². The minimum absolute atomic E-state index is 0.147. The molecule has 0 heterocycles. The largest absolute Gasteiger partial charge is 0.484 e. The molecule has 0 saturated carbocycles. The van der Waals surface area contributed by atoms with Crippen LogP contribution in [0.5, 0.6) is 5.75 Å². The Morgan fingerprint density at radius 3 is 2.55 bits per heavy atom. The summed E-state index contributed by atoms with van der Waals surface area (Å²) < 4.78 is 5.70. The summed E-state index contributed by atoms with van der Waals surface area (Å²) in [7, 11) is 0. The molecule has 0 aliphatic carbocycles. The van der Waals surface area contributed by atoms with Gasteiger partial charge in [0.15, 0.2) is 6.61 Å². The average molecular weight is 417 g/mol. The van der Waals surface area contributed by atoms with Crippen molar-refractivity contribution in [3.05, 3.63) is 64.7 Å². The molecule has 0 aliphatic rings. The third-order valence-corrected chi connectivity index (χ3v) is 4.95. The number of ether oxygens (including phenoxy) is 1. The summed E-state index contributed by atoms with van der Waals surface area (Å²) in [5.74, 6) is 0.203. The van der Waals surface area contributed by atoms with Gasteiger partial charge in [-0.05, 0) is 49.1 Å². The van der Waals surface area contributed by atoms with Gasteiger partial charge in [-0.2, -0.15) is 0 Å². The van der Waals surface area contributed by atoms with Crippen LogP contribution in [0.15, 0.2) is 48.5 Å². The summed E-state index contributed by atoms with van der Waals surface area (Å²) in [6, 6.07) is 14.3. The lowest BCUT2D eigenvalue weighted by atomic mass is 10.1. The number of carbonyl (C=O) groups is 2. The third-order valence-electron chi connectivity index (χ3n) is 4.59. The monoisotopic (exact) mass is 416 g/mol. The molecule has 0 unspecified atom stereocenters. The quantitative estimate of drug-likeness (QED) is 0.626. The van der Waals surface area contributed by atoms with Crippen LogP contribution in [0.1, 0.15) is 37.8 Å². The van der Waals surface area contributed by atoms with Gasteiger partial charge in [0.25, 0.3) is 5.91 Å². The van der Waals surface area contributed by atoms with E-state index in [-0.39, 0.29) is 25.0 Å². The van der Waals surface area contributed by atoms with E-state index in [1.165, 1.54) is 0 Å². The number of halogens is 1. The van der Waals surface area contributed by atoms with E-state index in [0.717, 1.165) is 17.5 Å². The van der Waals surface area contributed by atoms with E-state index < -0.39 is 6.04 Å². The predicted octanol–water partition coefficient (Wildman–Crippen LogP) is 4.36. The maximum atomic E-state index is 13.1. The number of nitrogens with zero attached hydrogens (tertiary/aromatic N) is 1. The summed E-state index contributed by atoms with van der Waals surface area (Å²) in [6.07, 6.45) is 1.33. The van der Waals surface area contributed by atoms with E-state index in [1.807, 2.05) is 63.2 Å². The molecule has 2 aromatic carbocycles. The van der Waals surface area contributed by atoms with Gasteiger partial charge in [-0.3, -0.25) is 9.59 Å². The summed E-state index contributed by atoms with van der Waals surface area (Å²) in [6.45, 7) is 6.51. The first-order valence-electron chi connectivity index (χ1n) is 9.96. The highest BCUT2D eigenvalue weighted by atomic mass is 35.5. The number of amides is 2. The highest BCUT2D eigenvalue weighted by Crippen LogP contribution is 2.20. The van der Waals surface area contributed by atoms with Crippen molar-refractivity contribution in [3.8, 4) is 5.75 Å². The Kier molecular flexibility index (Phi) is 9.00. The van der Waals surface area contributed by atoms with E-state index in [2.05, 4.69) is 5.32 Å². The number of carbonyl (C=O) groups excluding carboxylic acids is 2. The van der Waals surface area contributed by atoms with E-state index in [4.69, 9.17) is 16.3 Å². The SMILES string of the molecule is CCCNC(=O)[C@H](CC)N(Cc1ccccc1Cl)C(=O)COc1cccc(C)c1. The van der Waals surface area contributed by atoms with Gasteiger partial charge in [0.2, 0.25) is 5.91 Å². The first-order valence-corrected chi connectivity index (χ1v) is 10.3. The summed E-state index contributed by atoms with van der Waals surface area (Å²) in [4.78, 5) is 27.3. The second-order valence-corrected chi connectivity index (χ2v) is 7.34. The first kappa shape index (κ1) is 22.8. The minimum atomic E-state index is -0.591. The lowest BCUT2D eigenvalue weighted by Crippen LogP contribution is -2.50. The fourth-order valence-corrected chi connectivity index (χ4v) is 3.22. The maximum Gasteiger partial charge on any atom is 0.261 e. The summed E-state index contributed by atoms with van der Waals surface area (Å²) in [5.41, 5.74) is 1.84. The number of benzene rings is 2. The van der Waals surface area contributed by atoms with Crippen LogP contribution in [0.25, 0.3) is 0 Å². The van der Waals surface area contributed by atoms with Crippen LogP contribution in [-0.4, -0.2) is 35.9 Å². The fraction of sp³-hybridized carbons (Fsp3) is 0.391. The summed E-state index contributed by atoms with van der Waals surface area (Å²) in [5, 5.41) is 3.46. The van der Waals surface area contributed by atoms with Gasteiger partial charge in [-0.15, -0.1) is 0 Å². The van der Waals surface area contributed by atoms with Crippen LogP contribution in [0.2, 0.25) is 5.02 Å². The highest BCUT2D eigenvalue weighted by molar-refractivity contribution is 6.31. The van der Waals surface area contributed by atoms with E-state index >= 15 is 0 Å². The number of hydrogen-bond acceptors (Lipinski definition) is 3. The predicted molar refractivity (Wildman–Crippen MR) is 116 cm³/mol. The van der Waals surface area contributed by atoms with E-state index in [1.54, 1.807) is 11.0 Å². The third kappa shape index (κ3) is 6.79. The van der Waals surface area contributed by atoms with Gasteiger partial charge >= 0.3 is 0 Å². The zero-order valence-corrected chi connectivity index (χ0v) is 18.0. The van der Waals surface area contributed by atoms with Gasteiger partial charge in [-0.25, -0.2) is 0 Å². The molecule has 0 radical (unpaired) electrons. The standard InChI is InChI=1S/C23H29ClN2O3/c1-4-13-25-23(28)21(5-2)26(15-18-10-6-7-12-20(18)24)22(27)16-29-19-11-8-9-17(3)14-19/h6-12,14,21H,4-5,13,15-16H2,1-3H3,(H,25,28)/t21-/m0/s1. The van der Waals surface area contributed by atoms with Crippen molar-refractivity contribution in [2.45, 2.75) is 46.2 Å². The molecule has 5 nitrogen and oxygen atoms in total. The van der Waals surface area contributed by atoms with Crippen molar-refractivity contribution in [2.24, 2.45) is 0 Å². The van der Waals surface area contributed by atoms with Crippen molar-refractivity contribution in [2.75, 3.05) is 13.2 Å². The van der Waals surface area contributed by atoms with Crippen LogP contribution in [0.4, 0.5) is 0 Å². The molecular formula is C23H29ClN2O3. The average Bonchev–Trinajstić information content (AvgIpc) is 2.71. The molecule has 0 fully saturated rings. The molecule has 1 atom stereocenters. The van der Waals surface area contributed by atoms with Gasteiger partial charge < -0.3 is 15.0 Å². The fourth-order valence-electron chi connectivity index (χ4n) is 3.03. The normalized spacial score (nSPS) is 11.6. The van der Waals surface area contributed by atoms with Crippen molar-refractivity contribution in [1.82, 2.24) is 10.2 Å². The number of hydrogen-bond donors (Lipinski definition) is 1. The maximum absolute atomic E-state index is 13.1. The van der Waals surface area contributed by atoms with Crippen molar-refractivity contribution < 1.29 is 14.3 Å². The van der Waals surface area contributed by atoms with Crippen LogP contribution in [0, 0.1) is 6.92 Å². The zero-order chi connectivity index (χ0) is 21.2. The molecule has 156 valence electrons. The molecule has 0 bridgehead atoms. The zero-order valence-electron chi connectivity index (χ0n) is 17.3. The van der Waals surface area contributed by atoms with Gasteiger partial charge in [0.05, 0.1) is 0 Å². The van der Waals surface area contributed by atoms with Crippen LogP contribution in [0.3, 0.4) is 0 Å². The number of aryl methyl sites for hydroxylation is 1. The Morgan fingerprint density at radius 1 is 1.14 bits per heavy atom.